The lowest BCUT2D eigenvalue weighted by molar-refractivity contribution is -0.120. The smallest absolute Gasteiger partial charge is 0.221 e. The average molecular weight is 245 g/mol. The minimum atomic E-state index is -0.0135. The topological polar surface area (TPSA) is 92.9 Å². The minimum Gasteiger partial charge on any atom is -0.399 e. The number of carbonyl (C=O) groups is 1. The van der Waals surface area contributed by atoms with E-state index in [2.05, 4.69) is 20.6 Å². The predicted octanol–water partition coefficient (Wildman–Crippen LogP) is 0.760. The Morgan fingerprint density at radius 3 is 3.00 bits per heavy atom. The second-order valence-electron chi connectivity index (χ2n) is 3.85. The van der Waals surface area contributed by atoms with Crippen LogP contribution in [0.5, 0.6) is 0 Å². The molecule has 0 radical (unpaired) electrons. The van der Waals surface area contributed by atoms with Gasteiger partial charge in [0.2, 0.25) is 5.91 Å². The molecule has 0 fully saturated rings. The number of carbonyl (C=O) groups excluding carboxylic acids is 1. The molecule has 0 bridgehead atoms. The second kappa shape index (κ2) is 5.31. The van der Waals surface area contributed by atoms with Gasteiger partial charge in [0.05, 0.1) is 5.52 Å². The molecule has 6 nitrogen and oxygen atoms in total. The summed E-state index contributed by atoms with van der Waals surface area (Å²) in [5, 5.41) is 6.53. The molecule has 2 aromatic rings. The van der Waals surface area contributed by atoms with Crippen LogP contribution in [-0.2, 0) is 4.79 Å². The van der Waals surface area contributed by atoms with Crippen LogP contribution in [0.15, 0.2) is 24.5 Å². The molecule has 0 aliphatic heterocycles. The van der Waals surface area contributed by atoms with Crippen LogP contribution >= 0.6 is 0 Å². The number of amides is 1. The van der Waals surface area contributed by atoms with Gasteiger partial charge in [0, 0.05) is 31.1 Å². The number of nitrogens with two attached hydrogens (primary N) is 1. The van der Waals surface area contributed by atoms with Crippen LogP contribution in [0.25, 0.3) is 10.9 Å². The van der Waals surface area contributed by atoms with E-state index in [1.165, 1.54) is 6.33 Å². The summed E-state index contributed by atoms with van der Waals surface area (Å²) in [6, 6.07) is 5.46. The highest BCUT2D eigenvalue weighted by molar-refractivity contribution is 5.91. The molecule has 0 saturated heterocycles. The van der Waals surface area contributed by atoms with Gasteiger partial charge in [-0.25, -0.2) is 9.97 Å². The number of anilines is 2. The Morgan fingerprint density at radius 1 is 1.39 bits per heavy atom. The second-order valence-corrected chi connectivity index (χ2v) is 3.85. The summed E-state index contributed by atoms with van der Waals surface area (Å²) in [5.41, 5.74) is 7.22. The lowest BCUT2D eigenvalue weighted by Gasteiger charge is -2.08. The molecule has 0 spiro atoms. The first kappa shape index (κ1) is 12.1. The van der Waals surface area contributed by atoms with Gasteiger partial charge >= 0.3 is 0 Å². The maximum absolute atomic E-state index is 11.1. The van der Waals surface area contributed by atoms with E-state index < -0.39 is 0 Å². The molecular weight excluding hydrogens is 230 g/mol. The van der Waals surface area contributed by atoms with Crippen molar-refractivity contribution in [2.45, 2.75) is 6.42 Å². The van der Waals surface area contributed by atoms with E-state index in [0.717, 1.165) is 10.9 Å². The Kier molecular flexibility index (Phi) is 3.57. The van der Waals surface area contributed by atoms with Crippen LogP contribution in [0.4, 0.5) is 11.5 Å². The monoisotopic (exact) mass is 245 g/mol. The first-order valence-corrected chi connectivity index (χ1v) is 5.65. The Balaban J connectivity index is 2.17. The molecule has 1 amide bonds. The van der Waals surface area contributed by atoms with Crippen molar-refractivity contribution in [2.24, 2.45) is 0 Å². The van der Waals surface area contributed by atoms with Crippen molar-refractivity contribution in [3.8, 4) is 0 Å². The van der Waals surface area contributed by atoms with Gasteiger partial charge in [-0.2, -0.15) is 0 Å². The lowest BCUT2D eigenvalue weighted by Crippen LogP contribution is -2.21. The predicted molar refractivity (Wildman–Crippen MR) is 71.1 cm³/mol. The molecule has 0 aliphatic rings. The largest absolute Gasteiger partial charge is 0.399 e. The molecule has 1 aromatic heterocycles. The summed E-state index contributed by atoms with van der Waals surface area (Å²) in [6.45, 7) is 0.514. The van der Waals surface area contributed by atoms with Gasteiger partial charge in [-0.1, -0.05) is 0 Å². The van der Waals surface area contributed by atoms with Crippen LogP contribution in [0, 0.1) is 0 Å². The fourth-order valence-electron chi connectivity index (χ4n) is 1.63. The first-order chi connectivity index (χ1) is 8.70. The van der Waals surface area contributed by atoms with Crippen molar-refractivity contribution in [3.63, 3.8) is 0 Å². The van der Waals surface area contributed by atoms with Gasteiger partial charge in [-0.3, -0.25) is 4.79 Å². The molecular formula is C12H15N5O. The fraction of sp³-hybridized carbons (Fsp3) is 0.250. The van der Waals surface area contributed by atoms with Crippen molar-refractivity contribution >= 4 is 28.3 Å². The molecule has 94 valence electrons. The summed E-state index contributed by atoms with van der Waals surface area (Å²) in [7, 11) is 1.61. The molecule has 0 saturated carbocycles. The van der Waals surface area contributed by atoms with Crippen LogP contribution < -0.4 is 16.4 Å². The van der Waals surface area contributed by atoms with E-state index >= 15 is 0 Å². The van der Waals surface area contributed by atoms with Gasteiger partial charge in [0.15, 0.2) is 0 Å². The highest BCUT2D eigenvalue weighted by Crippen LogP contribution is 2.21. The number of fused-ring (bicyclic) bond motifs is 1. The van der Waals surface area contributed by atoms with Crippen molar-refractivity contribution in [3.05, 3.63) is 24.5 Å². The average Bonchev–Trinajstić information content (AvgIpc) is 2.39. The maximum atomic E-state index is 11.1. The SMILES string of the molecule is CNC(=O)CCNc1ncnc2ccc(N)cc12. The van der Waals surface area contributed by atoms with Gasteiger partial charge in [-0.05, 0) is 18.2 Å². The standard InChI is InChI=1S/C12H15N5O/c1-14-11(18)4-5-15-12-9-6-8(13)2-3-10(9)16-7-17-12/h2-3,6-7H,4-5,13H2,1H3,(H,14,18)(H,15,16,17). The van der Waals surface area contributed by atoms with E-state index in [4.69, 9.17) is 5.73 Å². The van der Waals surface area contributed by atoms with Crippen LogP contribution in [0.1, 0.15) is 6.42 Å². The third-order valence-corrected chi connectivity index (χ3v) is 2.58. The summed E-state index contributed by atoms with van der Waals surface area (Å²) >= 11 is 0. The van der Waals surface area contributed by atoms with E-state index in [1.54, 1.807) is 13.1 Å². The van der Waals surface area contributed by atoms with E-state index in [9.17, 15) is 4.79 Å². The first-order valence-electron chi connectivity index (χ1n) is 5.65. The van der Waals surface area contributed by atoms with E-state index in [0.29, 0.717) is 24.5 Å². The van der Waals surface area contributed by atoms with Crippen molar-refractivity contribution in [1.82, 2.24) is 15.3 Å². The zero-order chi connectivity index (χ0) is 13.0. The van der Waals surface area contributed by atoms with Gasteiger partial charge in [0.1, 0.15) is 12.1 Å². The molecule has 4 N–H and O–H groups in total. The van der Waals surface area contributed by atoms with Gasteiger partial charge < -0.3 is 16.4 Å². The fourth-order valence-corrected chi connectivity index (χ4v) is 1.63. The van der Waals surface area contributed by atoms with E-state index in [1.807, 2.05) is 12.1 Å². The zero-order valence-corrected chi connectivity index (χ0v) is 10.1. The lowest BCUT2D eigenvalue weighted by atomic mass is 10.2. The molecule has 0 atom stereocenters. The van der Waals surface area contributed by atoms with E-state index in [-0.39, 0.29) is 5.91 Å². The van der Waals surface area contributed by atoms with Crippen LogP contribution in [0.2, 0.25) is 0 Å². The maximum Gasteiger partial charge on any atom is 0.221 e. The Morgan fingerprint density at radius 2 is 2.22 bits per heavy atom. The number of rotatable bonds is 4. The molecule has 18 heavy (non-hydrogen) atoms. The number of nitrogens with one attached hydrogen (secondary N) is 2. The number of hydrogen-bond donors (Lipinski definition) is 3. The number of hydrogen-bond acceptors (Lipinski definition) is 5. The van der Waals surface area contributed by atoms with Gasteiger partial charge in [-0.15, -0.1) is 0 Å². The summed E-state index contributed by atoms with van der Waals surface area (Å²) < 4.78 is 0. The zero-order valence-electron chi connectivity index (χ0n) is 10.1. The number of nitrogens with zero attached hydrogens (tertiary/aromatic N) is 2. The highest BCUT2D eigenvalue weighted by atomic mass is 16.1. The number of benzene rings is 1. The molecule has 0 aliphatic carbocycles. The van der Waals surface area contributed by atoms with Gasteiger partial charge in [0.25, 0.3) is 0 Å². The molecule has 6 heteroatoms. The molecule has 2 rings (SSSR count). The Hall–Kier alpha value is -2.37. The third kappa shape index (κ3) is 2.65. The summed E-state index contributed by atoms with van der Waals surface area (Å²) in [4.78, 5) is 19.4. The Labute approximate surface area is 105 Å². The third-order valence-electron chi connectivity index (χ3n) is 2.58. The van der Waals surface area contributed by atoms with Crippen LogP contribution in [-0.4, -0.2) is 29.5 Å². The molecule has 0 unspecified atom stereocenters. The normalized spacial score (nSPS) is 10.3. The summed E-state index contributed by atoms with van der Waals surface area (Å²) in [6.07, 6.45) is 1.88. The van der Waals surface area contributed by atoms with Crippen molar-refractivity contribution in [1.29, 1.82) is 0 Å². The Bertz CT molecular complexity index is 569. The number of nitrogen functional groups attached to an aromatic ring is 1. The molecule has 1 heterocycles. The molecule has 1 aromatic carbocycles. The minimum absolute atomic E-state index is 0.0135. The highest BCUT2D eigenvalue weighted by Gasteiger charge is 2.04. The van der Waals surface area contributed by atoms with Crippen LogP contribution in [0.3, 0.4) is 0 Å². The van der Waals surface area contributed by atoms with Crippen molar-refractivity contribution in [2.75, 3.05) is 24.6 Å². The number of aromatic nitrogens is 2. The van der Waals surface area contributed by atoms with Crippen molar-refractivity contribution < 1.29 is 4.79 Å². The summed E-state index contributed by atoms with van der Waals surface area (Å²) in [5.74, 6) is 0.677. The quantitative estimate of drug-likeness (QED) is 0.691.